The summed E-state index contributed by atoms with van der Waals surface area (Å²) in [7, 11) is -3.79. The summed E-state index contributed by atoms with van der Waals surface area (Å²) in [6.45, 7) is 0. The normalized spacial score (nSPS) is 11.6. The van der Waals surface area contributed by atoms with Crippen LogP contribution >= 0.6 is 23.4 Å². The Morgan fingerprint density at radius 2 is 1.81 bits per heavy atom. The topological polar surface area (TPSA) is 59.1 Å². The lowest BCUT2D eigenvalue weighted by Crippen LogP contribution is -2.13. The van der Waals surface area contributed by atoms with Gasteiger partial charge in [-0.2, -0.15) is 8.78 Å². The van der Waals surface area contributed by atoms with E-state index in [9.17, 15) is 17.2 Å². The molecule has 2 aromatic rings. The quantitative estimate of drug-likeness (QED) is 0.657. The number of alkyl halides is 2. The summed E-state index contributed by atoms with van der Waals surface area (Å²) in [5.74, 6) is -2.52. The summed E-state index contributed by atoms with van der Waals surface area (Å²) in [6, 6.07) is 8.32. The molecule has 0 unspecified atom stereocenters. The fourth-order valence-corrected chi connectivity index (χ4v) is 3.05. The van der Waals surface area contributed by atoms with Crippen molar-refractivity contribution in [2.45, 2.75) is 15.5 Å². The maximum absolute atomic E-state index is 12.2. The number of nitrogens with zero attached hydrogens (tertiary/aromatic N) is 1. The molecular weight excluding hydrogens is 342 g/mol. The second-order valence-corrected chi connectivity index (χ2v) is 6.96. The Hall–Kier alpha value is -1.38. The van der Waals surface area contributed by atoms with Gasteiger partial charge in [-0.15, -0.1) is 0 Å². The minimum absolute atomic E-state index is 0.0436. The van der Waals surface area contributed by atoms with E-state index < -0.39 is 15.8 Å². The van der Waals surface area contributed by atoms with Gasteiger partial charge in [0.05, 0.1) is 0 Å². The van der Waals surface area contributed by atoms with Crippen molar-refractivity contribution in [3.8, 4) is 0 Å². The highest BCUT2D eigenvalue weighted by Crippen LogP contribution is 2.26. The first-order chi connectivity index (χ1) is 9.87. The average molecular weight is 351 g/mol. The summed E-state index contributed by atoms with van der Waals surface area (Å²) < 4.78 is 50.8. The highest BCUT2D eigenvalue weighted by atomic mass is 35.5. The van der Waals surface area contributed by atoms with Crippen LogP contribution in [0.4, 0.5) is 14.5 Å². The molecule has 1 N–H and O–H groups in total. The van der Waals surface area contributed by atoms with Crippen LogP contribution < -0.4 is 4.72 Å². The van der Waals surface area contributed by atoms with Gasteiger partial charge in [-0.3, -0.25) is 4.72 Å². The molecule has 4 nitrogen and oxygen atoms in total. The third kappa shape index (κ3) is 4.55. The zero-order valence-electron chi connectivity index (χ0n) is 10.3. The van der Waals surface area contributed by atoms with Crippen molar-refractivity contribution in [3.05, 3.63) is 47.7 Å². The molecule has 1 aromatic heterocycles. The van der Waals surface area contributed by atoms with Crippen LogP contribution in [0.3, 0.4) is 0 Å². The van der Waals surface area contributed by atoms with Gasteiger partial charge in [0.2, 0.25) is 0 Å². The van der Waals surface area contributed by atoms with Crippen LogP contribution in [0.15, 0.2) is 52.4 Å². The van der Waals surface area contributed by atoms with Gasteiger partial charge in [0.1, 0.15) is 10.0 Å². The molecule has 1 heterocycles. The first-order valence-electron chi connectivity index (χ1n) is 5.56. The summed E-state index contributed by atoms with van der Waals surface area (Å²) in [6.07, 6.45) is 1.13. The standard InChI is InChI=1S/C12H9ClF2N2O2S2/c13-11-6-5-10(7-16-11)21(18,19)17-8-1-3-9(4-2-8)20-12(14)15/h1-7,12,17H. The van der Waals surface area contributed by atoms with Crippen molar-refractivity contribution in [2.24, 2.45) is 0 Å². The van der Waals surface area contributed by atoms with E-state index in [0.717, 1.165) is 6.20 Å². The maximum Gasteiger partial charge on any atom is 0.288 e. The first-order valence-corrected chi connectivity index (χ1v) is 8.30. The molecule has 0 bridgehead atoms. The number of aromatic nitrogens is 1. The number of hydrogen-bond acceptors (Lipinski definition) is 4. The Bertz CT molecular complexity index is 707. The Kier molecular flexibility index (Phi) is 5.02. The zero-order chi connectivity index (χ0) is 15.5. The third-order valence-electron chi connectivity index (χ3n) is 2.34. The van der Waals surface area contributed by atoms with Crippen molar-refractivity contribution in [3.63, 3.8) is 0 Å². The van der Waals surface area contributed by atoms with Crippen LogP contribution in [0, 0.1) is 0 Å². The minimum atomic E-state index is -3.79. The van der Waals surface area contributed by atoms with E-state index in [0.29, 0.717) is 16.7 Å². The van der Waals surface area contributed by atoms with Gasteiger partial charge in [0.15, 0.2) is 0 Å². The molecule has 0 spiro atoms. The Labute approximate surface area is 129 Å². The van der Waals surface area contributed by atoms with Gasteiger partial charge in [0, 0.05) is 16.8 Å². The summed E-state index contributed by atoms with van der Waals surface area (Å²) in [5, 5.41) is 0.183. The first kappa shape index (κ1) is 16.0. The van der Waals surface area contributed by atoms with Crippen LogP contribution in [-0.2, 0) is 10.0 Å². The lowest BCUT2D eigenvalue weighted by Gasteiger charge is -2.08. The van der Waals surface area contributed by atoms with E-state index in [-0.39, 0.29) is 15.7 Å². The second-order valence-electron chi connectivity index (χ2n) is 3.83. The molecule has 1 aromatic carbocycles. The predicted octanol–water partition coefficient (Wildman–Crippen LogP) is 3.85. The molecule has 9 heteroatoms. The van der Waals surface area contributed by atoms with Crippen molar-refractivity contribution < 1.29 is 17.2 Å². The van der Waals surface area contributed by atoms with Crippen molar-refractivity contribution in [1.29, 1.82) is 0 Å². The number of nitrogens with one attached hydrogen (secondary N) is 1. The number of halogens is 3. The van der Waals surface area contributed by atoms with Crippen molar-refractivity contribution >= 4 is 39.1 Å². The molecule has 2 rings (SSSR count). The lowest BCUT2D eigenvalue weighted by molar-refractivity contribution is 0.252. The van der Waals surface area contributed by atoms with Crippen LogP contribution in [0.1, 0.15) is 0 Å². The van der Waals surface area contributed by atoms with E-state index in [1.807, 2.05) is 0 Å². The highest BCUT2D eigenvalue weighted by molar-refractivity contribution is 7.99. The van der Waals surface area contributed by atoms with E-state index in [1.54, 1.807) is 0 Å². The maximum atomic E-state index is 12.2. The molecule has 0 aliphatic carbocycles. The third-order valence-corrected chi connectivity index (χ3v) is 4.65. The number of thioether (sulfide) groups is 1. The predicted molar refractivity (Wildman–Crippen MR) is 78.4 cm³/mol. The SMILES string of the molecule is O=S(=O)(Nc1ccc(SC(F)F)cc1)c1ccc(Cl)nc1. The van der Waals surface area contributed by atoms with Gasteiger partial charge >= 0.3 is 0 Å². The number of sulfonamides is 1. The highest BCUT2D eigenvalue weighted by Gasteiger charge is 2.14. The second kappa shape index (κ2) is 6.59. The zero-order valence-corrected chi connectivity index (χ0v) is 12.7. The molecule has 0 aliphatic heterocycles. The number of hydrogen-bond donors (Lipinski definition) is 1. The van der Waals surface area contributed by atoms with E-state index in [4.69, 9.17) is 11.6 Å². The van der Waals surface area contributed by atoms with Crippen LogP contribution in [0.5, 0.6) is 0 Å². The molecule has 21 heavy (non-hydrogen) atoms. The summed E-state index contributed by atoms with van der Waals surface area (Å²) >= 11 is 5.98. The fraction of sp³-hybridized carbons (Fsp3) is 0.0833. The minimum Gasteiger partial charge on any atom is -0.280 e. The number of rotatable bonds is 5. The van der Waals surface area contributed by atoms with Gasteiger partial charge in [-0.05, 0) is 36.4 Å². The van der Waals surface area contributed by atoms with Gasteiger partial charge in [0.25, 0.3) is 15.8 Å². The van der Waals surface area contributed by atoms with Crippen LogP contribution in [0.25, 0.3) is 0 Å². The van der Waals surface area contributed by atoms with Gasteiger partial charge < -0.3 is 0 Å². The van der Waals surface area contributed by atoms with E-state index >= 15 is 0 Å². The molecule has 0 saturated carbocycles. The van der Waals surface area contributed by atoms with Gasteiger partial charge in [-0.1, -0.05) is 23.4 Å². The fourth-order valence-electron chi connectivity index (χ4n) is 1.44. The van der Waals surface area contributed by atoms with Crippen molar-refractivity contribution in [2.75, 3.05) is 4.72 Å². The van der Waals surface area contributed by atoms with Crippen LogP contribution in [0.2, 0.25) is 5.15 Å². The lowest BCUT2D eigenvalue weighted by atomic mass is 10.3. The largest absolute Gasteiger partial charge is 0.288 e. The average Bonchev–Trinajstić information content (AvgIpc) is 2.40. The molecule has 0 radical (unpaired) electrons. The Morgan fingerprint density at radius 3 is 2.33 bits per heavy atom. The smallest absolute Gasteiger partial charge is 0.280 e. The summed E-state index contributed by atoms with van der Waals surface area (Å²) in [5.41, 5.74) is 0.267. The number of anilines is 1. The van der Waals surface area contributed by atoms with Crippen LogP contribution in [-0.4, -0.2) is 19.2 Å². The Balaban J connectivity index is 2.15. The molecule has 0 amide bonds. The van der Waals surface area contributed by atoms with E-state index in [1.165, 1.54) is 36.4 Å². The number of benzene rings is 1. The van der Waals surface area contributed by atoms with E-state index in [2.05, 4.69) is 9.71 Å². The van der Waals surface area contributed by atoms with Crippen molar-refractivity contribution in [1.82, 2.24) is 4.98 Å². The molecule has 0 saturated heterocycles. The number of pyridine rings is 1. The summed E-state index contributed by atoms with van der Waals surface area (Å²) in [4.78, 5) is 4.00. The molecule has 0 atom stereocenters. The molecular formula is C12H9ClF2N2O2S2. The van der Waals surface area contributed by atoms with Gasteiger partial charge in [-0.25, -0.2) is 13.4 Å². The Morgan fingerprint density at radius 1 is 1.14 bits per heavy atom. The molecule has 0 aliphatic rings. The molecule has 112 valence electrons. The monoisotopic (exact) mass is 350 g/mol. The molecule has 0 fully saturated rings.